The van der Waals surface area contributed by atoms with Gasteiger partial charge in [0, 0.05) is 6.42 Å². The van der Waals surface area contributed by atoms with Gasteiger partial charge < -0.3 is 9.84 Å². The van der Waals surface area contributed by atoms with E-state index in [0.717, 1.165) is 49.9 Å². The quantitative estimate of drug-likeness (QED) is 0.685. The van der Waals surface area contributed by atoms with E-state index in [1.54, 1.807) is 7.11 Å². The van der Waals surface area contributed by atoms with E-state index in [1.807, 2.05) is 0 Å². The SMILES string of the molecule is COC1=CC2=C(C)CC3C(CCC4(C)/C(=C(/F)CO)CCC34)C2(C)CC1. The van der Waals surface area contributed by atoms with Gasteiger partial charge in [0.1, 0.15) is 5.83 Å². The molecule has 0 bridgehead atoms. The number of rotatable bonds is 2. The van der Waals surface area contributed by atoms with Crippen LogP contribution in [-0.2, 0) is 4.74 Å². The molecule has 0 radical (unpaired) electrons. The van der Waals surface area contributed by atoms with Crippen LogP contribution in [0.25, 0.3) is 0 Å². The summed E-state index contributed by atoms with van der Waals surface area (Å²) in [5.41, 5.74) is 4.13. The van der Waals surface area contributed by atoms with Crippen LogP contribution >= 0.6 is 0 Å². The average molecular weight is 361 g/mol. The maximum atomic E-state index is 14.4. The lowest BCUT2D eigenvalue weighted by Gasteiger charge is -2.57. The molecule has 0 amide bonds. The summed E-state index contributed by atoms with van der Waals surface area (Å²) in [6.07, 6.45) is 9.78. The second-order valence-electron chi connectivity index (χ2n) is 9.54. The van der Waals surface area contributed by atoms with Gasteiger partial charge in [-0.1, -0.05) is 19.4 Å². The van der Waals surface area contributed by atoms with Gasteiger partial charge in [-0.3, -0.25) is 0 Å². The number of halogens is 1. The van der Waals surface area contributed by atoms with Gasteiger partial charge in [-0.15, -0.1) is 0 Å². The van der Waals surface area contributed by atoms with Crippen molar-refractivity contribution in [2.45, 2.75) is 65.7 Å². The van der Waals surface area contributed by atoms with Crippen molar-refractivity contribution in [3.05, 3.63) is 34.4 Å². The standard InChI is InChI=1S/C23H33FO2/c1-14-11-16-17-5-6-19(21(24)13-25)22(17,2)10-8-18(16)23(3)9-7-15(26-4)12-20(14)23/h12,16-18,25H,5-11,13H2,1-4H3/b21-19+. The monoisotopic (exact) mass is 360 g/mol. The van der Waals surface area contributed by atoms with Gasteiger partial charge in [-0.2, -0.15) is 0 Å². The minimum absolute atomic E-state index is 0.0513. The highest BCUT2D eigenvalue weighted by atomic mass is 19.1. The van der Waals surface area contributed by atoms with Gasteiger partial charge in [0.25, 0.3) is 0 Å². The molecule has 2 nitrogen and oxygen atoms in total. The van der Waals surface area contributed by atoms with Crippen LogP contribution in [0.15, 0.2) is 34.4 Å². The number of hydrogen-bond donors (Lipinski definition) is 1. The summed E-state index contributed by atoms with van der Waals surface area (Å²) in [5, 5.41) is 9.36. The van der Waals surface area contributed by atoms with E-state index >= 15 is 0 Å². The number of methoxy groups -OCH3 is 1. The van der Waals surface area contributed by atoms with Gasteiger partial charge >= 0.3 is 0 Å². The van der Waals surface area contributed by atoms with Gasteiger partial charge in [-0.25, -0.2) is 4.39 Å². The Labute approximate surface area is 157 Å². The fourth-order valence-corrected chi connectivity index (χ4v) is 7.25. The van der Waals surface area contributed by atoms with E-state index in [4.69, 9.17) is 4.74 Å². The smallest absolute Gasteiger partial charge is 0.125 e. The molecule has 26 heavy (non-hydrogen) atoms. The molecule has 0 saturated heterocycles. The maximum absolute atomic E-state index is 14.4. The van der Waals surface area contributed by atoms with Gasteiger partial charge in [0.2, 0.25) is 0 Å². The predicted octanol–water partition coefficient (Wildman–Crippen LogP) is 5.70. The zero-order chi connectivity index (χ0) is 18.7. The summed E-state index contributed by atoms with van der Waals surface area (Å²) in [7, 11) is 1.78. The molecule has 5 atom stereocenters. The highest BCUT2D eigenvalue weighted by Crippen LogP contribution is 2.67. The largest absolute Gasteiger partial charge is 0.501 e. The zero-order valence-electron chi connectivity index (χ0n) is 16.7. The summed E-state index contributed by atoms with van der Waals surface area (Å²) in [6, 6.07) is 0. The van der Waals surface area contributed by atoms with Crippen molar-refractivity contribution in [1.82, 2.24) is 0 Å². The molecule has 2 saturated carbocycles. The van der Waals surface area contributed by atoms with E-state index in [2.05, 4.69) is 26.8 Å². The summed E-state index contributed by atoms with van der Waals surface area (Å²) in [6.45, 7) is 6.60. The van der Waals surface area contributed by atoms with Crippen LogP contribution in [-0.4, -0.2) is 18.8 Å². The molecular weight excluding hydrogens is 327 g/mol. The third kappa shape index (κ3) is 2.38. The van der Waals surface area contributed by atoms with Crippen molar-refractivity contribution >= 4 is 0 Å². The first-order valence-electron chi connectivity index (χ1n) is 10.3. The lowest BCUT2D eigenvalue weighted by atomic mass is 9.47. The fraction of sp³-hybridized carbons (Fsp3) is 0.739. The topological polar surface area (TPSA) is 29.5 Å². The molecule has 1 N–H and O–H groups in total. The molecular formula is C23H33FO2. The predicted molar refractivity (Wildman–Crippen MR) is 102 cm³/mol. The number of ether oxygens (including phenoxy) is 1. The summed E-state index contributed by atoms with van der Waals surface area (Å²) >= 11 is 0. The Morgan fingerprint density at radius 3 is 2.62 bits per heavy atom. The lowest BCUT2D eigenvalue weighted by molar-refractivity contribution is -0.0120. The minimum atomic E-state index is -0.433. The van der Waals surface area contributed by atoms with Crippen LogP contribution in [0.1, 0.15) is 65.7 Å². The number of hydrogen-bond acceptors (Lipinski definition) is 2. The molecule has 5 unspecified atom stereocenters. The van der Waals surface area contributed by atoms with Crippen LogP contribution in [0.2, 0.25) is 0 Å². The summed E-state index contributed by atoms with van der Waals surface area (Å²) in [5.74, 6) is 2.74. The second kappa shape index (κ2) is 6.22. The van der Waals surface area contributed by atoms with E-state index < -0.39 is 6.61 Å². The molecule has 0 aromatic carbocycles. The first-order valence-corrected chi connectivity index (χ1v) is 10.3. The Morgan fingerprint density at radius 1 is 1.19 bits per heavy atom. The number of fused-ring (bicyclic) bond motifs is 5. The zero-order valence-corrected chi connectivity index (χ0v) is 16.7. The van der Waals surface area contributed by atoms with E-state index in [1.165, 1.54) is 17.6 Å². The highest BCUT2D eigenvalue weighted by molar-refractivity contribution is 5.40. The Morgan fingerprint density at radius 2 is 1.92 bits per heavy atom. The number of aliphatic hydroxyl groups excluding tert-OH is 1. The van der Waals surface area contributed by atoms with E-state index in [0.29, 0.717) is 17.8 Å². The minimum Gasteiger partial charge on any atom is -0.501 e. The molecule has 0 aromatic heterocycles. The van der Waals surface area contributed by atoms with Crippen LogP contribution in [0.5, 0.6) is 0 Å². The number of aliphatic hydroxyl groups is 1. The van der Waals surface area contributed by atoms with Crippen molar-refractivity contribution in [3.8, 4) is 0 Å². The van der Waals surface area contributed by atoms with Crippen LogP contribution in [0.4, 0.5) is 4.39 Å². The van der Waals surface area contributed by atoms with Crippen molar-refractivity contribution in [2.24, 2.45) is 28.6 Å². The molecule has 0 aliphatic heterocycles. The molecule has 0 aromatic rings. The fourth-order valence-electron chi connectivity index (χ4n) is 7.25. The Hall–Kier alpha value is -1.09. The Kier molecular flexibility index (Phi) is 4.38. The third-order valence-electron chi connectivity index (χ3n) is 8.58. The van der Waals surface area contributed by atoms with Crippen molar-refractivity contribution in [2.75, 3.05) is 13.7 Å². The number of allylic oxidation sites excluding steroid dienone is 5. The van der Waals surface area contributed by atoms with Crippen LogP contribution in [0.3, 0.4) is 0 Å². The first-order chi connectivity index (χ1) is 12.3. The van der Waals surface area contributed by atoms with Gasteiger partial charge in [-0.05, 0) is 91.3 Å². The van der Waals surface area contributed by atoms with Gasteiger partial charge in [0.05, 0.1) is 19.5 Å². The molecule has 4 rings (SSSR count). The molecule has 3 heteroatoms. The van der Waals surface area contributed by atoms with Crippen LogP contribution < -0.4 is 0 Å². The van der Waals surface area contributed by atoms with Crippen molar-refractivity contribution in [1.29, 1.82) is 0 Å². The second-order valence-corrected chi connectivity index (χ2v) is 9.54. The Bertz CT molecular complexity index is 703. The van der Waals surface area contributed by atoms with Crippen molar-refractivity contribution in [3.63, 3.8) is 0 Å². The average Bonchev–Trinajstić information content (AvgIpc) is 2.98. The molecule has 0 spiro atoms. The van der Waals surface area contributed by atoms with Gasteiger partial charge in [0.15, 0.2) is 0 Å². The lowest BCUT2D eigenvalue weighted by Crippen LogP contribution is -2.49. The summed E-state index contributed by atoms with van der Waals surface area (Å²) < 4.78 is 19.9. The maximum Gasteiger partial charge on any atom is 0.125 e. The molecule has 4 aliphatic rings. The van der Waals surface area contributed by atoms with E-state index in [-0.39, 0.29) is 16.7 Å². The Balaban J connectivity index is 1.74. The molecule has 2 fully saturated rings. The highest BCUT2D eigenvalue weighted by Gasteiger charge is 2.58. The van der Waals surface area contributed by atoms with Crippen molar-refractivity contribution < 1.29 is 14.2 Å². The third-order valence-corrected chi connectivity index (χ3v) is 8.58. The molecule has 0 heterocycles. The first kappa shape index (κ1) is 18.3. The molecule has 4 aliphatic carbocycles. The normalized spacial score (nSPS) is 44.1. The molecule has 144 valence electrons. The van der Waals surface area contributed by atoms with Crippen LogP contribution in [0, 0.1) is 28.6 Å². The van der Waals surface area contributed by atoms with E-state index in [9.17, 15) is 9.50 Å². The summed E-state index contributed by atoms with van der Waals surface area (Å²) in [4.78, 5) is 0.